The Morgan fingerprint density at radius 1 is 1.25 bits per heavy atom. The van der Waals surface area contributed by atoms with E-state index in [1.165, 1.54) is 11.3 Å². The van der Waals surface area contributed by atoms with E-state index in [0.29, 0.717) is 0 Å². The predicted molar refractivity (Wildman–Crippen MR) is 51.3 cm³/mol. The van der Waals surface area contributed by atoms with Crippen molar-refractivity contribution >= 4 is 21.4 Å². The monoisotopic (exact) mass is 180 g/mol. The topological polar surface area (TPSA) is 0 Å². The molecule has 0 amide bonds. The van der Waals surface area contributed by atoms with Gasteiger partial charge < -0.3 is 0 Å². The number of aryl methyl sites for hydroxylation is 2. The van der Waals surface area contributed by atoms with E-state index >= 15 is 0 Å². The molecule has 0 saturated heterocycles. The van der Waals surface area contributed by atoms with Crippen LogP contribution >= 0.6 is 11.3 Å². The minimum absolute atomic E-state index is 0.0643. The van der Waals surface area contributed by atoms with E-state index in [0.717, 1.165) is 20.5 Å². The fraction of sp³-hybridized carbons (Fsp3) is 0.200. The fourth-order valence-electron chi connectivity index (χ4n) is 1.30. The zero-order valence-electron chi connectivity index (χ0n) is 7.02. The van der Waals surface area contributed by atoms with Gasteiger partial charge in [-0.2, -0.15) is 0 Å². The lowest BCUT2D eigenvalue weighted by molar-refractivity contribution is 0.632. The van der Waals surface area contributed by atoms with Crippen LogP contribution in [0.2, 0.25) is 0 Å². The molecule has 12 heavy (non-hydrogen) atoms. The Balaban J connectivity index is 2.89. The first-order chi connectivity index (χ1) is 5.68. The summed E-state index contributed by atoms with van der Waals surface area (Å²) in [6, 6.07) is 5.81. The second-order valence-corrected chi connectivity index (χ2v) is 4.23. The third-order valence-electron chi connectivity index (χ3n) is 1.94. The van der Waals surface area contributed by atoms with E-state index in [9.17, 15) is 4.39 Å². The van der Waals surface area contributed by atoms with Crippen LogP contribution in [-0.2, 0) is 0 Å². The molecule has 0 radical (unpaired) electrons. The number of thiophene rings is 1. The van der Waals surface area contributed by atoms with E-state index in [1.807, 2.05) is 25.1 Å². The Hall–Kier alpha value is -0.890. The fourth-order valence-corrected chi connectivity index (χ4v) is 2.30. The average molecular weight is 180 g/mol. The maximum atomic E-state index is 13.4. The quantitative estimate of drug-likeness (QED) is 0.580. The summed E-state index contributed by atoms with van der Waals surface area (Å²) in [7, 11) is 0. The van der Waals surface area contributed by atoms with Crippen molar-refractivity contribution in [2.45, 2.75) is 13.8 Å². The van der Waals surface area contributed by atoms with Crippen LogP contribution < -0.4 is 0 Å². The van der Waals surface area contributed by atoms with Gasteiger partial charge in [0.15, 0.2) is 0 Å². The molecule has 0 N–H and O–H groups in total. The lowest BCUT2D eigenvalue weighted by atomic mass is 10.2. The Labute approximate surface area is 74.6 Å². The predicted octanol–water partition coefficient (Wildman–Crippen LogP) is 3.66. The van der Waals surface area contributed by atoms with Gasteiger partial charge in [-0.1, -0.05) is 12.1 Å². The highest BCUT2D eigenvalue weighted by Crippen LogP contribution is 2.28. The summed E-state index contributed by atoms with van der Waals surface area (Å²) in [5, 5.41) is 1.01. The first-order valence-electron chi connectivity index (χ1n) is 3.84. The minimum atomic E-state index is -0.0643. The molecule has 0 unspecified atom stereocenters. The average Bonchev–Trinajstić information content (AvgIpc) is 2.39. The van der Waals surface area contributed by atoms with Crippen molar-refractivity contribution < 1.29 is 4.39 Å². The second-order valence-electron chi connectivity index (χ2n) is 2.97. The molecule has 2 heteroatoms. The number of hydrogen-bond donors (Lipinski definition) is 0. The van der Waals surface area contributed by atoms with Crippen molar-refractivity contribution in [3.63, 3.8) is 0 Å². The number of rotatable bonds is 0. The molecule has 2 rings (SSSR count). The van der Waals surface area contributed by atoms with Crippen molar-refractivity contribution in [2.75, 3.05) is 0 Å². The number of benzene rings is 1. The van der Waals surface area contributed by atoms with E-state index in [-0.39, 0.29) is 5.82 Å². The largest absolute Gasteiger partial charge is 0.205 e. The molecule has 1 heterocycles. The Kier molecular flexibility index (Phi) is 1.65. The summed E-state index contributed by atoms with van der Waals surface area (Å²) in [4.78, 5) is 1.16. The number of hydrogen-bond acceptors (Lipinski definition) is 1. The van der Waals surface area contributed by atoms with Crippen LogP contribution in [0.5, 0.6) is 0 Å². The Bertz CT molecular complexity index is 429. The maximum Gasteiger partial charge on any atom is 0.143 e. The standard InChI is InChI=1S/C10H9FS/c1-6-3-4-8-5-7(2)12-10(8)9(6)11/h3-5H,1-2H3. The van der Waals surface area contributed by atoms with Gasteiger partial charge in [0.25, 0.3) is 0 Å². The molecule has 0 atom stereocenters. The Morgan fingerprint density at radius 2 is 2.00 bits per heavy atom. The van der Waals surface area contributed by atoms with Crippen molar-refractivity contribution in [1.82, 2.24) is 0 Å². The van der Waals surface area contributed by atoms with Gasteiger partial charge >= 0.3 is 0 Å². The molecule has 0 saturated carbocycles. The van der Waals surface area contributed by atoms with Crippen LogP contribution in [0.15, 0.2) is 18.2 Å². The summed E-state index contributed by atoms with van der Waals surface area (Å²) in [6.07, 6.45) is 0. The first kappa shape index (κ1) is 7.74. The van der Waals surface area contributed by atoms with E-state index in [2.05, 4.69) is 0 Å². The van der Waals surface area contributed by atoms with E-state index in [4.69, 9.17) is 0 Å². The molecular weight excluding hydrogens is 171 g/mol. The summed E-state index contributed by atoms with van der Waals surface area (Å²) >= 11 is 1.52. The van der Waals surface area contributed by atoms with Gasteiger partial charge in [-0.15, -0.1) is 11.3 Å². The molecule has 0 aliphatic rings. The lowest BCUT2D eigenvalue weighted by Crippen LogP contribution is -1.79. The van der Waals surface area contributed by atoms with Crippen LogP contribution in [0.4, 0.5) is 4.39 Å². The van der Waals surface area contributed by atoms with Crippen molar-refractivity contribution in [1.29, 1.82) is 0 Å². The van der Waals surface area contributed by atoms with Gasteiger partial charge in [-0.05, 0) is 30.9 Å². The smallest absolute Gasteiger partial charge is 0.143 e. The molecular formula is C10H9FS. The molecule has 2 aromatic rings. The molecule has 62 valence electrons. The van der Waals surface area contributed by atoms with Gasteiger partial charge in [-0.3, -0.25) is 0 Å². The minimum Gasteiger partial charge on any atom is -0.205 e. The highest BCUT2D eigenvalue weighted by Gasteiger charge is 2.05. The molecule has 0 spiro atoms. The summed E-state index contributed by atoms with van der Waals surface area (Å²) in [6.45, 7) is 3.79. The molecule has 0 bridgehead atoms. The zero-order valence-corrected chi connectivity index (χ0v) is 7.83. The van der Waals surface area contributed by atoms with Gasteiger partial charge in [-0.25, -0.2) is 4.39 Å². The van der Waals surface area contributed by atoms with Crippen LogP contribution in [-0.4, -0.2) is 0 Å². The first-order valence-corrected chi connectivity index (χ1v) is 4.65. The van der Waals surface area contributed by atoms with Gasteiger partial charge in [0.1, 0.15) is 5.82 Å². The molecule has 0 fully saturated rings. The third-order valence-corrected chi connectivity index (χ3v) is 3.00. The van der Waals surface area contributed by atoms with Crippen LogP contribution in [0.1, 0.15) is 10.4 Å². The Morgan fingerprint density at radius 3 is 2.75 bits per heavy atom. The second kappa shape index (κ2) is 2.56. The zero-order chi connectivity index (χ0) is 8.72. The molecule has 1 aromatic carbocycles. The van der Waals surface area contributed by atoms with Gasteiger partial charge in [0, 0.05) is 4.88 Å². The van der Waals surface area contributed by atoms with Crippen molar-refractivity contribution in [3.8, 4) is 0 Å². The maximum absolute atomic E-state index is 13.4. The van der Waals surface area contributed by atoms with E-state index < -0.39 is 0 Å². The summed E-state index contributed by atoms with van der Waals surface area (Å²) in [5.74, 6) is -0.0643. The van der Waals surface area contributed by atoms with Gasteiger partial charge in [0.05, 0.1) is 4.70 Å². The molecule has 1 aromatic heterocycles. The number of halogens is 1. The molecule has 0 aliphatic carbocycles. The van der Waals surface area contributed by atoms with Crippen LogP contribution in [0.25, 0.3) is 10.1 Å². The van der Waals surface area contributed by atoms with Crippen LogP contribution in [0.3, 0.4) is 0 Å². The SMILES string of the molecule is Cc1cc2ccc(C)c(F)c2s1. The summed E-state index contributed by atoms with van der Waals surface area (Å²) in [5.41, 5.74) is 0.726. The van der Waals surface area contributed by atoms with Crippen LogP contribution in [0, 0.1) is 19.7 Å². The molecule has 0 nitrogen and oxygen atoms in total. The summed E-state index contributed by atoms with van der Waals surface area (Å²) < 4.78 is 14.2. The normalized spacial score (nSPS) is 10.9. The highest BCUT2D eigenvalue weighted by atomic mass is 32.1. The van der Waals surface area contributed by atoms with Gasteiger partial charge in [0.2, 0.25) is 0 Å². The van der Waals surface area contributed by atoms with E-state index in [1.54, 1.807) is 6.92 Å². The highest BCUT2D eigenvalue weighted by molar-refractivity contribution is 7.19. The number of fused-ring (bicyclic) bond motifs is 1. The third kappa shape index (κ3) is 1.03. The van der Waals surface area contributed by atoms with Crippen molar-refractivity contribution in [3.05, 3.63) is 34.5 Å². The van der Waals surface area contributed by atoms with Crippen molar-refractivity contribution in [2.24, 2.45) is 0 Å². The molecule has 0 aliphatic heterocycles. The lowest BCUT2D eigenvalue weighted by Gasteiger charge is -1.95.